The van der Waals surface area contributed by atoms with Crippen LogP contribution in [0.4, 0.5) is 11.4 Å². The number of carbonyl (C=O) groups excluding carboxylic acids is 2. The van der Waals surface area contributed by atoms with Crippen molar-refractivity contribution in [3.63, 3.8) is 0 Å². The molecule has 1 aliphatic heterocycles. The number of rotatable bonds is 5. The van der Waals surface area contributed by atoms with Gasteiger partial charge in [-0.05, 0) is 66.6 Å². The van der Waals surface area contributed by atoms with Crippen LogP contribution in [0.15, 0.2) is 110 Å². The van der Waals surface area contributed by atoms with Crippen molar-refractivity contribution in [3.8, 4) is 16.9 Å². The molecular weight excluding hydrogens is 462 g/mol. The first-order chi connectivity index (χ1) is 18.2. The largest absolute Gasteiger partial charge is 0.322 e. The number of hydrogen-bond donors (Lipinski definition) is 1. The molecule has 0 bridgehead atoms. The first-order valence-electron chi connectivity index (χ1n) is 12.0. The fourth-order valence-electron chi connectivity index (χ4n) is 4.57. The predicted molar refractivity (Wildman–Crippen MR) is 143 cm³/mol. The third-order valence-electron chi connectivity index (χ3n) is 6.44. The molecule has 1 aliphatic rings. The van der Waals surface area contributed by atoms with Crippen molar-refractivity contribution in [2.75, 3.05) is 16.8 Å². The highest BCUT2D eigenvalue weighted by Crippen LogP contribution is 2.29. The number of para-hydroxylation sites is 2. The van der Waals surface area contributed by atoms with Gasteiger partial charge in [-0.1, -0.05) is 36.4 Å². The summed E-state index contributed by atoms with van der Waals surface area (Å²) in [7, 11) is 0. The number of anilines is 2. The van der Waals surface area contributed by atoms with Gasteiger partial charge < -0.3 is 10.2 Å². The fraction of sp³-hybridized carbons (Fsp3) is 0.0667. The monoisotopic (exact) mass is 485 g/mol. The number of benzene rings is 3. The van der Waals surface area contributed by atoms with Gasteiger partial charge >= 0.3 is 0 Å². The zero-order valence-corrected chi connectivity index (χ0v) is 19.9. The SMILES string of the molecule is O=C(Nc1ccc(C(=O)N2CCc3ccccc32)cc1)c1cn(-c2ccccc2)nc1-c1cccnc1. The van der Waals surface area contributed by atoms with Gasteiger partial charge in [0.2, 0.25) is 0 Å². The van der Waals surface area contributed by atoms with Crippen LogP contribution in [0.5, 0.6) is 0 Å². The molecule has 3 heterocycles. The zero-order chi connectivity index (χ0) is 25.2. The van der Waals surface area contributed by atoms with E-state index in [0.717, 1.165) is 23.4 Å². The molecule has 0 saturated heterocycles. The number of pyridine rings is 1. The maximum atomic E-state index is 13.4. The molecule has 2 aromatic heterocycles. The van der Waals surface area contributed by atoms with E-state index in [9.17, 15) is 9.59 Å². The number of nitrogens with zero attached hydrogens (tertiary/aromatic N) is 4. The van der Waals surface area contributed by atoms with Gasteiger partial charge in [-0.2, -0.15) is 5.10 Å². The van der Waals surface area contributed by atoms with Crippen LogP contribution in [0, 0.1) is 0 Å². The minimum atomic E-state index is -0.298. The van der Waals surface area contributed by atoms with E-state index in [1.165, 1.54) is 5.56 Å². The van der Waals surface area contributed by atoms with Gasteiger partial charge in [-0.25, -0.2) is 4.68 Å². The lowest BCUT2D eigenvalue weighted by molar-refractivity contribution is 0.0988. The second-order valence-electron chi connectivity index (χ2n) is 8.78. The molecule has 180 valence electrons. The van der Waals surface area contributed by atoms with Gasteiger partial charge in [-0.3, -0.25) is 14.6 Å². The summed E-state index contributed by atoms with van der Waals surface area (Å²) in [5.41, 5.74) is 5.85. The third-order valence-corrected chi connectivity index (χ3v) is 6.44. The predicted octanol–water partition coefficient (Wildman–Crippen LogP) is 5.39. The molecule has 3 aromatic carbocycles. The second kappa shape index (κ2) is 9.54. The average Bonchev–Trinajstić information content (AvgIpc) is 3.60. The van der Waals surface area contributed by atoms with Crippen LogP contribution in [0.1, 0.15) is 26.3 Å². The summed E-state index contributed by atoms with van der Waals surface area (Å²) < 4.78 is 1.69. The van der Waals surface area contributed by atoms with Crippen LogP contribution < -0.4 is 10.2 Å². The molecule has 7 heteroatoms. The van der Waals surface area contributed by atoms with Crippen molar-refractivity contribution < 1.29 is 9.59 Å². The molecule has 2 amide bonds. The van der Waals surface area contributed by atoms with Crippen LogP contribution in [-0.2, 0) is 6.42 Å². The Balaban J connectivity index is 1.24. The summed E-state index contributed by atoms with van der Waals surface area (Å²) >= 11 is 0. The van der Waals surface area contributed by atoms with Crippen molar-refractivity contribution >= 4 is 23.2 Å². The van der Waals surface area contributed by atoms with Gasteiger partial charge in [0.15, 0.2) is 0 Å². The number of nitrogens with one attached hydrogen (secondary N) is 1. The highest BCUT2D eigenvalue weighted by molar-refractivity contribution is 6.09. The molecule has 0 radical (unpaired) electrons. The van der Waals surface area contributed by atoms with Crippen LogP contribution in [0.2, 0.25) is 0 Å². The molecule has 37 heavy (non-hydrogen) atoms. The lowest BCUT2D eigenvalue weighted by Gasteiger charge is -2.17. The lowest BCUT2D eigenvalue weighted by Crippen LogP contribution is -2.28. The van der Waals surface area contributed by atoms with Crippen molar-refractivity contribution in [2.45, 2.75) is 6.42 Å². The van der Waals surface area contributed by atoms with Crippen LogP contribution >= 0.6 is 0 Å². The van der Waals surface area contributed by atoms with Crippen molar-refractivity contribution in [1.82, 2.24) is 14.8 Å². The molecule has 6 rings (SSSR count). The Kier molecular flexibility index (Phi) is 5.78. The van der Waals surface area contributed by atoms with Crippen molar-refractivity contribution in [1.29, 1.82) is 0 Å². The van der Waals surface area contributed by atoms with Crippen molar-refractivity contribution in [2.24, 2.45) is 0 Å². The van der Waals surface area contributed by atoms with Crippen LogP contribution in [0.25, 0.3) is 16.9 Å². The Morgan fingerprint density at radius 1 is 0.838 bits per heavy atom. The standard InChI is InChI=1S/C30H23N5O2/c36-29(26-20-35(25-9-2-1-3-10-25)33-28(26)23-8-6-17-31-19-23)32-24-14-12-22(13-15-24)30(37)34-18-16-21-7-4-5-11-27(21)34/h1-15,17,19-20H,16,18H2,(H,32,36). The third kappa shape index (κ3) is 4.38. The Hall–Kier alpha value is -5.04. The van der Waals surface area contributed by atoms with Crippen LogP contribution in [-0.4, -0.2) is 33.1 Å². The van der Waals surface area contributed by atoms with E-state index in [-0.39, 0.29) is 11.8 Å². The van der Waals surface area contributed by atoms with E-state index >= 15 is 0 Å². The van der Waals surface area contributed by atoms with Gasteiger partial charge in [0.1, 0.15) is 5.69 Å². The molecule has 0 atom stereocenters. The fourth-order valence-corrected chi connectivity index (χ4v) is 4.57. The summed E-state index contributed by atoms with van der Waals surface area (Å²) in [4.78, 5) is 32.5. The van der Waals surface area contributed by atoms with Gasteiger partial charge in [0, 0.05) is 47.6 Å². The highest BCUT2D eigenvalue weighted by Gasteiger charge is 2.25. The smallest absolute Gasteiger partial charge is 0.259 e. The van der Waals surface area contributed by atoms with E-state index in [0.29, 0.717) is 29.1 Å². The maximum Gasteiger partial charge on any atom is 0.259 e. The molecule has 0 aliphatic carbocycles. The Morgan fingerprint density at radius 2 is 1.62 bits per heavy atom. The first kappa shape index (κ1) is 22.4. The van der Waals surface area contributed by atoms with E-state index in [4.69, 9.17) is 0 Å². The first-order valence-corrected chi connectivity index (χ1v) is 12.0. The normalized spacial score (nSPS) is 12.3. The molecule has 0 spiro atoms. The van der Waals surface area contributed by atoms with Crippen LogP contribution in [0.3, 0.4) is 0 Å². The Labute approximate surface area is 214 Å². The molecule has 7 nitrogen and oxygen atoms in total. The lowest BCUT2D eigenvalue weighted by atomic mass is 10.1. The van der Waals surface area contributed by atoms with Gasteiger partial charge in [-0.15, -0.1) is 0 Å². The maximum absolute atomic E-state index is 13.4. The summed E-state index contributed by atoms with van der Waals surface area (Å²) in [6.07, 6.45) is 5.94. The average molecular weight is 486 g/mol. The number of fused-ring (bicyclic) bond motifs is 1. The summed E-state index contributed by atoms with van der Waals surface area (Å²) in [6.45, 7) is 0.666. The molecule has 0 unspecified atom stereocenters. The minimum Gasteiger partial charge on any atom is -0.322 e. The quantitative estimate of drug-likeness (QED) is 0.362. The van der Waals surface area contributed by atoms with Crippen molar-refractivity contribution in [3.05, 3.63) is 126 Å². The van der Waals surface area contributed by atoms with E-state index in [2.05, 4.69) is 21.5 Å². The molecule has 0 fully saturated rings. The topological polar surface area (TPSA) is 80.1 Å². The van der Waals surface area contributed by atoms with E-state index in [1.54, 1.807) is 52.4 Å². The Bertz CT molecular complexity index is 1580. The number of carbonyl (C=O) groups is 2. The van der Waals surface area contributed by atoms with Gasteiger partial charge in [0.05, 0.1) is 11.3 Å². The number of hydrogen-bond acceptors (Lipinski definition) is 4. The highest BCUT2D eigenvalue weighted by atomic mass is 16.2. The number of amides is 2. The second-order valence-corrected chi connectivity index (χ2v) is 8.78. The molecule has 5 aromatic rings. The zero-order valence-electron chi connectivity index (χ0n) is 19.9. The minimum absolute atomic E-state index is 0.0502. The van der Waals surface area contributed by atoms with E-state index < -0.39 is 0 Å². The molecular formula is C30H23N5O2. The Morgan fingerprint density at radius 3 is 2.41 bits per heavy atom. The number of aromatic nitrogens is 3. The molecule has 1 N–H and O–H groups in total. The van der Waals surface area contributed by atoms with Gasteiger partial charge in [0.25, 0.3) is 11.8 Å². The summed E-state index contributed by atoms with van der Waals surface area (Å²) in [5.74, 6) is -0.348. The summed E-state index contributed by atoms with van der Waals surface area (Å²) in [5, 5.41) is 7.63. The summed E-state index contributed by atoms with van der Waals surface area (Å²) in [6, 6.07) is 28.3. The van der Waals surface area contributed by atoms with E-state index in [1.807, 2.05) is 60.7 Å². The molecule has 0 saturated carbocycles.